The van der Waals surface area contributed by atoms with E-state index in [2.05, 4.69) is 4.99 Å². The Labute approximate surface area is 132 Å². The number of urea groups is 1. The van der Waals surface area contributed by atoms with E-state index >= 15 is 0 Å². The number of aliphatic imine (C=N–C) groups is 1. The van der Waals surface area contributed by atoms with Crippen molar-refractivity contribution < 1.29 is 18.7 Å². The van der Waals surface area contributed by atoms with Gasteiger partial charge in [-0.1, -0.05) is 0 Å². The van der Waals surface area contributed by atoms with Crippen molar-refractivity contribution in [3.05, 3.63) is 35.6 Å². The number of halogens is 1. The normalized spacial score (nSPS) is 23.7. The summed E-state index contributed by atoms with van der Waals surface area (Å²) in [7, 11) is 0. The molecule has 122 valence electrons. The average molecular weight is 320 g/mol. The second-order valence-electron chi connectivity index (χ2n) is 5.53. The Morgan fingerprint density at radius 3 is 2.52 bits per heavy atom. The number of fused-ring (bicyclic) bond motifs is 2. The Balaban J connectivity index is 1.59. The Morgan fingerprint density at radius 1 is 1.30 bits per heavy atom. The molecule has 0 aliphatic carbocycles. The van der Waals surface area contributed by atoms with E-state index in [-0.39, 0.29) is 18.1 Å². The first kappa shape index (κ1) is 15.4. The molecule has 2 unspecified atom stereocenters. The maximum atomic E-state index is 12.8. The van der Waals surface area contributed by atoms with Crippen LogP contribution in [-0.2, 0) is 9.47 Å². The van der Waals surface area contributed by atoms with Crippen molar-refractivity contribution in [1.82, 2.24) is 4.90 Å². The molecular weight excluding hydrogens is 303 g/mol. The van der Waals surface area contributed by atoms with E-state index in [9.17, 15) is 9.18 Å². The molecule has 2 amide bonds. The van der Waals surface area contributed by atoms with Gasteiger partial charge in [0.25, 0.3) is 6.02 Å². The van der Waals surface area contributed by atoms with E-state index in [4.69, 9.17) is 20.6 Å². The molecule has 0 spiro atoms. The molecule has 0 saturated carbocycles. The number of amidine groups is 1. The van der Waals surface area contributed by atoms with Crippen LogP contribution in [0.4, 0.5) is 9.18 Å². The van der Waals surface area contributed by atoms with Gasteiger partial charge in [-0.3, -0.25) is 5.41 Å². The van der Waals surface area contributed by atoms with Gasteiger partial charge in [-0.25, -0.2) is 9.18 Å². The van der Waals surface area contributed by atoms with Crippen LogP contribution in [0.3, 0.4) is 0 Å². The average Bonchev–Trinajstić information content (AvgIpc) is 2.85. The summed E-state index contributed by atoms with van der Waals surface area (Å²) in [5.41, 5.74) is 5.90. The van der Waals surface area contributed by atoms with Gasteiger partial charge in [0, 0.05) is 18.7 Å². The molecule has 1 aromatic rings. The number of hydrogen-bond donors (Lipinski definition) is 2. The van der Waals surface area contributed by atoms with Crippen molar-refractivity contribution in [3.8, 4) is 0 Å². The number of benzene rings is 1. The number of amides is 2. The third-order valence-corrected chi connectivity index (χ3v) is 3.83. The Morgan fingerprint density at radius 2 is 1.91 bits per heavy atom. The SMILES string of the molecule is N=C(OC(N)=NC(=O)N1CC2CCC(C1)O2)c1ccc(F)cc1. The number of carbonyl (C=O) groups is 1. The fourth-order valence-corrected chi connectivity index (χ4v) is 2.72. The number of nitrogens with two attached hydrogens (primary N) is 1. The third-order valence-electron chi connectivity index (χ3n) is 3.83. The van der Waals surface area contributed by atoms with E-state index in [1.165, 1.54) is 24.3 Å². The highest BCUT2D eigenvalue weighted by molar-refractivity contribution is 6.01. The molecule has 2 fully saturated rings. The lowest BCUT2D eigenvalue weighted by Gasteiger charge is -2.30. The number of hydrogen-bond acceptors (Lipinski definition) is 4. The topological polar surface area (TPSA) is 101 Å². The lowest BCUT2D eigenvalue weighted by Crippen LogP contribution is -2.45. The summed E-state index contributed by atoms with van der Waals surface area (Å²) in [4.78, 5) is 17.3. The fourth-order valence-electron chi connectivity index (χ4n) is 2.72. The van der Waals surface area contributed by atoms with Gasteiger partial charge in [-0.15, -0.1) is 4.99 Å². The molecule has 8 heteroatoms. The summed E-state index contributed by atoms with van der Waals surface area (Å²) in [5.74, 6) is -0.721. The van der Waals surface area contributed by atoms with Crippen LogP contribution in [-0.4, -0.2) is 48.1 Å². The van der Waals surface area contributed by atoms with Crippen molar-refractivity contribution in [2.75, 3.05) is 13.1 Å². The summed E-state index contributed by atoms with van der Waals surface area (Å²) in [6.07, 6.45) is 2.01. The Hall–Kier alpha value is -2.48. The van der Waals surface area contributed by atoms with Crippen LogP contribution in [0.5, 0.6) is 0 Å². The number of morpholine rings is 1. The van der Waals surface area contributed by atoms with Gasteiger partial charge in [-0.2, -0.15) is 0 Å². The lowest BCUT2D eigenvalue weighted by molar-refractivity contribution is -0.0225. The molecule has 2 aliphatic rings. The zero-order valence-corrected chi connectivity index (χ0v) is 12.4. The van der Waals surface area contributed by atoms with E-state index in [0.717, 1.165) is 12.8 Å². The number of carbonyl (C=O) groups excluding carboxylic acids is 1. The highest BCUT2D eigenvalue weighted by atomic mass is 19.1. The number of nitrogens with one attached hydrogen (secondary N) is 1. The van der Waals surface area contributed by atoms with Gasteiger partial charge in [-0.05, 0) is 37.1 Å². The number of ether oxygens (including phenoxy) is 2. The summed E-state index contributed by atoms with van der Waals surface area (Å²) in [5, 5.41) is 7.74. The molecule has 7 nitrogen and oxygen atoms in total. The molecule has 3 rings (SSSR count). The number of rotatable bonds is 1. The molecule has 3 N–H and O–H groups in total. The van der Waals surface area contributed by atoms with Crippen LogP contribution in [0.15, 0.2) is 29.3 Å². The predicted octanol–water partition coefficient (Wildman–Crippen LogP) is 1.47. The highest BCUT2D eigenvalue weighted by Crippen LogP contribution is 2.26. The quantitative estimate of drug-likeness (QED) is 0.604. The summed E-state index contributed by atoms with van der Waals surface area (Å²) >= 11 is 0. The minimum absolute atomic E-state index is 0.0626. The molecule has 2 saturated heterocycles. The van der Waals surface area contributed by atoms with E-state index in [1.807, 2.05) is 0 Å². The van der Waals surface area contributed by atoms with Crippen LogP contribution in [0.1, 0.15) is 18.4 Å². The maximum absolute atomic E-state index is 12.8. The fraction of sp³-hybridized carbons (Fsp3) is 0.400. The summed E-state index contributed by atoms with van der Waals surface area (Å²) < 4.78 is 23.5. The van der Waals surface area contributed by atoms with E-state index < -0.39 is 17.9 Å². The largest absolute Gasteiger partial charge is 0.407 e. The maximum Gasteiger partial charge on any atom is 0.348 e. The minimum Gasteiger partial charge on any atom is -0.407 e. The standard InChI is InChI=1S/C15H17FN4O3/c16-10-3-1-9(2-4-10)13(17)23-14(18)19-15(21)20-7-11-5-6-12(8-20)22-11/h1-4,11-12,17H,5-8H2,(H2,18,19,21). The van der Waals surface area contributed by atoms with Crippen LogP contribution in [0.2, 0.25) is 0 Å². The third kappa shape index (κ3) is 3.65. The van der Waals surface area contributed by atoms with Crippen molar-refractivity contribution in [2.45, 2.75) is 25.0 Å². The molecule has 23 heavy (non-hydrogen) atoms. The molecule has 2 bridgehead atoms. The molecule has 0 aromatic heterocycles. The summed E-state index contributed by atoms with van der Waals surface area (Å²) in [6, 6.07) is 4.25. The molecule has 2 aliphatic heterocycles. The van der Waals surface area contributed by atoms with Crippen LogP contribution in [0, 0.1) is 11.2 Å². The second kappa shape index (κ2) is 6.33. The first-order chi connectivity index (χ1) is 11.0. The van der Waals surface area contributed by atoms with Crippen LogP contribution in [0.25, 0.3) is 0 Å². The molecule has 2 heterocycles. The smallest absolute Gasteiger partial charge is 0.348 e. The van der Waals surface area contributed by atoms with Crippen molar-refractivity contribution in [1.29, 1.82) is 5.41 Å². The van der Waals surface area contributed by atoms with Gasteiger partial charge in [0.15, 0.2) is 0 Å². The van der Waals surface area contributed by atoms with E-state index in [0.29, 0.717) is 18.7 Å². The van der Waals surface area contributed by atoms with Crippen molar-refractivity contribution >= 4 is 18.0 Å². The molecule has 2 atom stereocenters. The first-order valence-corrected chi connectivity index (χ1v) is 7.32. The van der Waals surface area contributed by atoms with Gasteiger partial charge in [0.05, 0.1) is 12.2 Å². The van der Waals surface area contributed by atoms with E-state index in [1.54, 1.807) is 4.90 Å². The Bertz CT molecular complexity index is 635. The number of likely N-dealkylation sites (tertiary alicyclic amines) is 1. The van der Waals surface area contributed by atoms with Crippen LogP contribution < -0.4 is 5.73 Å². The monoisotopic (exact) mass is 320 g/mol. The predicted molar refractivity (Wildman–Crippen MR) is 80.8 cm³/mol. The number of nitrogens with zero attached hydrogens (tertiary/aromatic N) is 2. The lowest BCUT2D eigenvalue weighted by atomic mass is 10.2. The first-order valence-electron chi connectivity index (χ1n) is 7.32. The molecule has 1 aromatic carbocycles. The molecule has 0 radical (unpaired) electrons. The minimum atomic E-state index is -0.505. The van der Waals surface area contributed by atoms with Crippen molar-refractivity contribution in [2.24, 2.45) is 10.7 Å². The summed E-state index contributed by atoms with van der Waals surface area (Å²) in [6.45, 7) is 0.975. The highest BCUT2D eigenvalue weighted by Gasteiger charge is 2.35. The van der Waals surface area contributed by atoms with Gasteiger partial charge >= 0.3 is 6.03 Å². The zero-order chi connectivity index (χ0) is 16.4. The van der Waals surface area contributed by atoms with Crippen LogP contribution >= 0.6 is 0 Å². The van der Waals surface area contributed by atoms with Gasteiger partial charge in [0.2, 0.25) is 5.90 Å². The van der Waals surface area contributed by atoms with Gasteiger partial charge in [0.1, 0.15) is 5.82 Å². The van der Waals surface area contributed by atoms with Gasteiger partial charge < -0.3 is 20.1 Å². The Kier molecular flexibility index (Phi) is 4.24. The second-order valence-corrected chi connectivity index (χ2v) is 5.53. The molecular formula is C15H17FN4O3. The van der Waals surface area contributed by atoms with Crippen molar-refractivity contribution in [3.63, 3.8) is 0 Å². The zero-order valence-electron chi connectivity index (χ0n) is 12.4.